The zero-order chi connectivity index (χ0) is 26.1. The number of H-pyrrole nitrogens is 1. The number of aromatic amines is 1. The van der Waals surface area contributed by atoms with Crippen molar-refractivity contribution in [2.75, 3.05) is 4.90 Å². The second kappa shape index (κ2) is 9.79. The summed E-state index contributed by atoms with van der Waals surface area (Å²) in [6.45, 7) is 0. The molecule has 0 fully saturated rings. The SMILES string of the molecule is O=C1/C(=C\c2ccccc2[N+](=O)[O-])N=C(c2ccccc2)N1c1nc2ccc(Sc3ccccc3)cc2[nH]1. The van der Waals surface area contributed by atoms with Gasteiger partial charge in [0.05, 0.1) is 21.5 Å². The topological polar surface area (TPSA) is 104 Å². The van der Waals surface area contributed by atoms with Gasteiger partial charge in [-0.05, 0) is 42.5 Å². The number of rotatable bonds is 6. The molecule has 1 amide bonds. The van der Waals surface area contributed by atoms with E-state index in [0.29, 0.717) is 28.4 Å². The van der Waals surface area contributed by atoms with Gasteiger partial charge < -0.3 is 4.98 Å². The number of aliphatic imine (C=N–C) groups is 1. The number of aromatic nitrogens is 2. The average Bonchev–Trinajstić information content (AvgIpc) is 3.50. The molecule has 38 heavy (non-hydrogen) atoms. The molecule has 1 aliphatic rings. The molecule has 0 saturated carbocycles. The maximum atomic E-state index is 13.7. The van der Waals surface area contributed by atoms with Crippen molar-refractivity contribution in [3.05, 3.63) is 130 Å². The molecule has 6 rings (SSSR count). The van der Waals surface area contributed by atoms with Gasteiger partial charge >= 0.3 is 0 Å². The van der Waals surface area contributed by atoms with Crippen LogP contribution in [0, 0.1) is 10.1 Å². The highest BCUT2D eigenvalue weighted by Gasteiger charge is 2.35. The number of imidazole rings is 1. The van der Waals surface area contributed by atoms with Gasteiger partial charge in [0.25, 0.3) is 11.6 Å². The lowest BCUT2D eigenvalue weighted by Crippen LogP contribution is -2.33. The smallest absolute Gasteiger partial charge is 0.285 e. The van der Waals surface area contributed by atoms with Crippen molar-refractivity contribution in [2.45, 2.75) is 9.79 Å². The van der Waals surface area contributed by atoms with Crippen LogP contribution in [0.25, 0.3) is 17.1 Å². The van der Waals surface area contributed by atoms with Crippen LogP contribution in [0.15, 0.2) is 124 Å². The minimum Gasteiger partial charge on any atom is -0.323 e. The second-order valence-corrected chi connectivity index (χ2v) is 9.59. The van der Waals surface area contributed by atoms with Gasteiger partial charge in [-0.2, -0.15) is 0 Å². The number of hydrogen-bond donors (Lipinski definition) is 1. The van der Waals surface area contributed by atoms with Gasteiger partial charge in [-0.1, -0.05) is 72.4 Å². The Morgan fingerprint density at radius 2 is 1.58 bits per heavy atom. The van der Waals surface area contributed by atoms with Crippen LogP contribution in [0.5, 0.6) is 0 Å². The number of nitro benzene ring substituents is 1. The van der Waals surface area contributed by atoms with Gasteiger partial charge in [-0.15, -0.1) is 0 Å². The number of para-hydroxylation sites is 1. The Morgan fingerprint density at radius 1 is 0.868 bits per heavy atom. The zero-order valence-electron chi connectivity index (χ0n) is 19.8. The number of nitrogens with zero attached hydrogens (tertiary/aromatic N) is 4. The van der Waals surface area contributed by atoms with Gasteiger partial charge in [0, 0.05) is 21.4 Å². The molecule has 2 heterocycles. The molecule has 9 heteroatoms. The van der Waals surface area contributed by atoms with Crippen molar-refractivity contribution in [1.29, 1.82) is 0 Å². The van der Waals surface area contributed by atoms with Gasteiger partial charge in [-0.25, -0.2) is 14.9 Å². The number of nitrogens with one attached hydrogen (secondary N) is 1. The molecule has 0 bridgehead atoms. The van der Waals surface area contributed by atoms with E-state index in [1.807, 2.05) is 78.9 Å². The van der Waals surface area contributed by atoms with Crippen molar-refractivity contribution in [3.63, 3.8) is 0 Å². The van der Waals surface area contributed by atoms with Crippen LogP contribution in [-0.2, 0) is 4.79 Å². The van der Waals surface area contributed by atoms with Crippen molar-refractivity contribution in [1.82, 2.24) is 9.97 Å². The van der Waals surface area contributed by atoms with Crippen LogP contribution in [-0.4, -0.2) is 26.6 Å². The Balaban J connectivity index is 1.41. The number of anilines is 1. The standard InChI is InChI=1S/C29H19N5O3S/c35-28-25(17-20-11-7-8-14-26(20)34(36)37)30-27(19-9-3-1-4-10-19)33(28)29-31-23-16-15-22(18-24(23)32-29)38-21-12-5-2-6-13-21/h1-18H,(H,31,32)/b25-17+. The van der Waals surface area contributed by atoms with E-state index < -0.39 is 10.8 Å². The number of benzene rings is 4. The van der Waals surface area contributed by atoms with E-state index in [0.717, 1.165) is 15.3 Å². The Morgan fingerprint density at radius 3 is 2.34 bits per heavy atom. The quantitative estimate of drug-likeness (QED) is 0.158. The van der Waals surface area contributed by atoms with Crippen molar-refractivity contribution in [2.24, 2.45) is 4.99 Å². The fraction of sp³-hybridized carbons (Fsp3) is 0. The zero-order valence-corrected chi connectivity index (χ0v) is 20.6. The highest BCUT2D eigenvalue weighted by Crippen LogP contribution is 2.32. The molecular formula is C29H19N5O3S. The Kier molecular flexibility index (Phi) is 6.03. The monoisotopic (exact) mass is 517 g/mol. The maximum absolute atomic E-state index is 13.7. The first-order valence-corrected chi connectivity index (χ1v) is 12.5. The molecule has 8 nitrogen and oxygen atoms in total. The molecule has 0 saturated heterocycles. The summed E-state index contributed by atoms with van der Waals surface area (Å²) in [5, 5.41) is 11.5. The predicted octanol–water partition coefficient (Wildman–Crippen LogP) is 6.46. The van der Waals surface area contributed by atoms with Gasteiger partial charge in [-0.3, -0.25) is 14.9 Å². The lowest BCUT2D eigenvalue weighted by molar-refractivity contribution is -0.385. The van der Waals surface area contributed by atoms with Gasteiger partial charge in [0.2, 0.25) is 5.95 Å². The second-order valence-electron chi connectivity index (χ2n) is 8.44. The van der Waals surface area contributed by atoms with Crippen LogP contribution in [0.2, 0.25) is 0 Å². The molecule has 5 aromatic rings. The van der Waals surface area contributed by atoms with E-state index in [9.17, 15) is 14.9 Å². The molecule has 1 aliphatic heterocycles. The summed E-state index contributed by atoms with van der Waals surface area (Å²) in [5.74, 6) is 0.277. The number of nitro groups is 1. The Bertz CT molecular complexity index is 1750. The predicted molar refractivity (Wildman–Crippen MR) is 148 cm³/mol. The summed E-state index contributed by atoms with van der Waals surface area (Å²) in [6, 6.07) is 31.5. The number of fused-ring (bicyclic) bond motifs is 1. The summed E-state index contributed by atoms with van der Waals surface area (Å²) >= 11 is 1.63. The Labute approximate surface area is 221 Å². The summed E-state index contributed by atoms with van der Waals surface area (Å²) < 4.78 is 0. The van der Waals surface area contributed by atoms with E-state index in [4.69, 9.17) is 0 Å². The van der Waals surface area contributed by atoms with Crippen LogP contribution in [0.4, 0.5) is 11.6 Å². The fourth-order valence-electron chi connectivity index (χ4n) is 4.19. The third-order valence-corrected chi connectivity index (χ3v) is 6.95. The summed E-state index contributed by atoms with van der Waals surface area (Å²) in [5.41, 5.74) is 2.47. The molecule has 0 aliphatic carbocycles. The average molecular weight is 518 g/mol. The largest absolute Gasteiger partial charge is 0.323 e. The summed E-state index contributed by atoms with van der Waals surface area (Å²) in [4.78, 5) is 40.8. The van der Waals surface area contributed by atoms with Crippen LogP contribution in [0.1, 0.15) is 11.1 Å². The Hall–Kier alpha value is -5.02. The molecule has 184 valence electrons. The van der Waals surface area contributed by atoms with E-state index in [1.165, 1.54) is 17.0 Å². The lowest BCUT2D eigenvalue weighted by Gasteiger charge is -2.15. The number of carbonyl (C=O) groups is 1. The first-order chi connectivity index (χ1) is 18.6. The molecule has 0 atom stereocenters. The van der Waals surface area contributed by atoms with E-state index >= 15 is 0 Å². The maximum Gasteiger partial charge on any atom is 0.285 e. The molecule has 0 spiro atoms. The van der Waals surface area contributed by atoms with E-state index in [2.05, 4.69) is 15.0 Å². The van der Waals surface area contributed by atoms with Crippen LogP contribution >= 0.6 is 11.8 Å². The molecule has 0 unspecified atom stereocenters. The minimum absolute atomic E-state index is 0.0823. The van der Waals surface area contributed by atoms with Crippen molar-refractivity contribution >= 4 is 52.2 Å². The number of amidine groups is 1. The molecule has 4 aromatic carbocycles. The molecule has 1 aromatic heterocycles. The van der Waals surface area contributed by atoms with Crippen LogP contribution in [0.3, 0.4) is 0 Å². The fourth-order valence-corrected chi connectivity index (χ4v) is 5.06. The van der Waals surface area contributed by atoms with Crippen molar-refractivity contribution in [3.8, 4) is 0 Å². The molecule has 0 radical (unpaired) electrons. The van der Waals surface area contributed by atoms with Gasteiger partial charge in [0.15, 0.2) is 5.84 Å². The lowest BCUT2D eigenvalue weighted by atomic mass is 10.1. The van der Waals surface area contributed by atoms with Gasteiger partial charge in [0.1, 0.15) is 5.70 Å². The highest BCUT2D eigenvalue weighted by molar-refractivity contribution is 7.99. The summed E-state index contributed by atoms with van der Waals surface area (Å²) in [6.07, 6.45) is 1.45. The first kappa shape index (κ1) is 23.4. The third-order valence-electron chi connectivity index (χ3n) is 5.95. The number of amides is 1. The summed E-state index contributed by atoms with van der Waals surface area (Å²) in [7, 11) is 0. The van der Waals surface area contributed by atoms with Crippen molar-refractivity contribution < 1.29 is 9.72 Å². The molecular weight excluding hydrogens is 498 g/mol. The minimum atomic E-state index is -0.476. The van der Waals surface area contributed by atoms with E-state index in [1.54, 1.807) is 30.0 Å². The third kappa shape index (κ3) is 4.46. The number of carbonyl (C=O) groups excluding carboxylic acids is 1. The normalized spacial score (nSPS) is 14.3. The molecule has 1 N–H and O–H groups in total. The highest BCUT2D eigenvalue weighted by atomic mass is 32.2. The van der Waals surface area contributed by atoms with Crippen LogP contribution < -0.4 is 4.90 Å². The first-order valence-electron chi connectivity index (χ1n) is 11.7. The number of hydrogen-bond acceptors (Lipinski definition) is 6. The van der Waals surface area contributed by atoms with E-state index in [-0.39, 0.29) is 11.4 Å².